The third-order valence-electron chi connectivity index (χ3n) is 4.45. The fourth-order valence-electron chi connectivity index (χ4n) is 3.12. The van der Waals surface area contributed by atoms with Crippen molar-refractivity contribution >= 4 is 5.97 Å². The van der Waals surface area contributed by atoms with Gasteiger partial charge in [-0.2, -0.15) is 0 Å². The maximum absolute atomic E-state index is 10.4. The Kier molecular flexibility index (Phi) is 20.9. The van der Waals surface area contributed by atoms with Gasteiger partial charge >= 0.3 is 5.97 Å². The number of allylic oxidation sites excluding steroid dienone is 4. The number of hydrogen-bond acceptors (Lipinski definition) is 2. The van der Waals surface area contributed by atoms with E-state index in [9.17, 15) is 9.90 Å². The van der Waals surface area contributed by atoms with Crippen LogP contribution in [-0.2, 0) is 4.79 Å². The minimum absolute atomic E-state index is 0. The van der Waals surface area contributed by atoms with Crippen LogP contribution < -0.4 is 0 Å². The van der Waals surface area contributed by atoms with E-state index in [1.54, 1.807) is 0 Å². The van der Waals surface area contributed by atoms with Gasteiger partial charge in [0.15, 0.2) is 0 Å². The van der Waals surface area contributed by atoms with Crippen LogP contribution in [0, 0.1) is 11.8 Å². The topological polar surface area (TPSA) is 57.5 Å². The molecule has 1 aliphatic rings. The summed E-state index contributed by atoms with van der Waals surface area (Å²) in [6, 6.07) is 0. The smallest absolute Gasteiger partial charge is 0.303 e. The van der Waals surface area contributed by atoms with E-state index < -0.39 is 5.97 Å². The molecule has 0 aromatic carbocycles. The van der Waals surface area contributed by atoms with Crippen molar-refractivity contribution in [2.75, 3.05) is 0 Å². The van der Waals surface area contributed by atoms with Crippen LogP contribution in [0.3, 0.4) is 0 Å². The molecule has 0 aromatic heterocycles. The van der Waals surface area contributed by atoms with Crippen molar-refractivity contribution in [3.05, 3.63) is 36.5 Å². The first-order valence-corrected chi connectivity index (χ1v) is 9.01. The Morgan fingerprint density at radius 3 is 2.50 bits per heavy atom. The molecule has 1 rings (SSSR count). The van der Waals surface area contributed by atoms with E-state index in [1.807, 2.05) is 12.2 Å². The number of aliphatic hydroxyl groups excluding tert-OH is 1. The number of aliphatic hydroxyl groups is 1. The minimum Gasteiger partial charge on any atom is -0.481 e. The van der Waals surface area contributed by atoms with Crippen molar-refractivity contribution in [1.29, 1.82) is 0 Å². The van der Waals surface area contributed by atoms with Crippen molar-refractivity contribution < 1.29 is 15.0 Å². The molecule has 0 saturated heterocycles. The van der Waals surface area contributed by atoms with Gasteiger partial charge < -0.3 is 10.2 Å². The number of carboxylic acid groups (broad SMARTS) is 1. The molecule has 1 aliphatic carbocycles. The number of aliphatic carboxylic acids is 1. The van der Waals surface area contributed by atoms with Gasteiger partial charge in [-0.1, -0.05) is 72.1 Å². The average Bonchev–Trinajstić information content (AvgIpc) is 2.96. The third kappa shape index (κ3) is 13.9. The Labute approximate surface area is 162 Å². The van der Waals surface area contributed by atoms with Crippen molar-refractivity contribution in [2.45, 2.75) is 93.1 Å². The molecule has 154 valence electrons. The molecule has 0 amide bonds. The first-order chi connectivity index (χ1) is 11.1. The maximum atomic E-state index is 10.4. The van der Waals surface area contributed by atoms with Crippen molar-refractivity contribution in [3.8, 4) is 0 Å². The standard InChI is InChI=1S/C20H32O3.3CH4/c1-2-3-6-13-19(21)16-15-18-12-9-11-17(18)10-7-4-5-8-14-20(22)23;;;/h3-4,6-7,15-19,21H,2,5,8-14H2,1H3,(H,22,23);3*1H4/b6-3-,7-4-,16-15+;;;/t17?,18-,19+;;;/m1.../s1. The third-order valence-corrected chi connectivity index (χ3v) is 4.45. The van der Waals surface area contributed by atoms with Gasteiger partial charge in [-0.15, -0.1) is 0 Å². The zero-order chi connectivity index (χ0) is 16.9. The molecule has 1 saturated carbocycles. The summed E-state index contributed by atoms with van der Waals surface area (Å²) in [6.45, 7) is 2.09. The Hall–Kier alpha value is -1.35. The van der Waals surface area contributed by atoms with Crippen molar-refractivity contribution in [3.63, 3.8) is 0 Å². The SMILES string of the molecule is C.C.C.CC/C=C\C[C@H](O)/C=C/[C@H]1CCCC1C/C=C\CCCC(=O)O. The summed E-state index contributed by atoms with van der Waals surface area (Å²) >= 11 is 0. The normalized spacial score (nSPS) is 20.7. The zero-order valence-corrected chi connectivity index (χ0v) is 14.4. The first kappa shape index (κ1) is 29.4. The molecule has 3 nitrogen and oxygen atoms in total. The van der Waals surface area contributed by atoms with Crippen LogP contribution in [0.2, 0.25) is 0 Å². The molecule has 0 heterocycles. The summed E-state index contributed by atoms with van der Waals surface area (Å²) in [4.78, 5) is 10.4. The molecule has 0 radical (unpaired) electrons. The molecule has 3 heteroatoms. The summed E-state index contributed by atoms with van der Waals surface area (Å²) in [6.07, 6.45) is 20.6. The lowest BCUT2D eigenvalue weighted by atomic mass is 9.91. The maximum Gasteiger partial charge on any atom is 0.303 e. The van der Waals surface area contributed by atoms with Crippen LogP contribution in [0.25, 0.3) is 0 Å². The van der Waals surface area contributed by atoms with Gasteiger partial charge in [-0.25, -0.2) is 0 Å². The van der Waals surface area contributed by atoms with Crippen LogP contribution in [-0.4, -0.2) is 22.3 Å². The lowest BCUT2D eigenvalue weighted by Crippen LogP contribution is -2.06. The van der Waals surface area contributed by atoms with Gasteiger partial charge in [0.25, 0.3) is 0 Å². The molecular formula is C23H44O3. The predicted molar refractivity (Wildman–Crippen MR) is 115 cm³/mol. The highest BCUT2D eigenvalue weighted by Crippen LogP contribution is 2.35. The number of carbonyl (C=O) groups is 1. The largest absolute Gasteiger partial charge is 0.481 e. The summed E-state index contributed by atoms with van der Waals surface area (Å²) in [7, 11) is 0. The van der Waals surface area contributed by atoms with Crippen LogP contribution in [0.4, 0.5) is 0 Å². The molecule has 1 fully saturated rings. The Balaban J connectivity index is -0.00000176. The van der Waals surface area contributed by atoms with Crippen LogP contribution >= 0.6 is 0 Å². The van der Waals surface area contributed by atoms with Gasteiger partial charge in [-0.05, 0) is 56.8 Å². The van der Waals surface area contributed by atoms with Crippen molar-refractivity contribution in [1.82, 2.24) is 0 Å². The highest BCUT2D eigenvalue weighted by molar-refractivity contribution is 5.66. The number of carboxylic acids is 1. The molecule has 0 spiro atoms. The highest BCUT2D eigenvalue weighted by atomic mass is 16.4. The predicted octanol–water partition coefficient (Wildman–Crippen LogP) is 6.79. The fraction of sp³-hybridized carbons (Fsp3) is 0.696. The summed E-state index contributed by atoms with van der Waals surface area (Å²) in [5.74, 6) is 0.524. The number of hydrogen-bond donors (Lipinski definition) is 2. The monoisotopic (exact) mass is 368 g/mol. The Morgan fingerprint density at radius 2 is 1.85 bits per heavy atom. The summed E-state index contributed by atoms with van der Waals surface area (Å²) in [5.41, 5.74) is 0. The van der Waals surface area contributed by atoms with Gasteiger partial charge in [0.05, 0.1) is 6.10 Å². The number of rotatable bonds is 11. The molecular weight excluding hydrogens is 324 g/mol. The summed E-state index contributed by atoms with van der Waals surface area (Å²) < 4.78 is 0. The minimum atomic E-state index is -0.716. The molecule has 2 N–H and O–H groups in total. The van der Waals surface area contributed by atoms with Crippen LogP contribution in [0.1, 0.15) is 87.0 Å². The quantitative estimate of drug-likeness (QED) is 0.312. The molecule has 26 heavy (non-hydrogen) atoms. The van der Waals surface area contributed by atoms with E-state index in [1.165, 1.54) is 19.3 Å². The van der Waals surface area contributed by atoms with Crippen LogP contribution in [0.15, 0.2) is 36.5 Å². The van der Waals surface area contributed by atoms with E-state index >= 15 is 0 Å². The van der Waals surface area contributed by atoms with E-state index in [4.69, 9.17) is 5.11 Å². The molecule has 0 aliphatic heterocycles. The van der Waals surface area contributed by atoms with Crippen LogP contribution in [0.5, 0.6) is 0 Å². The summed E-state index contributed by atoms with van der Waals surface area (Å²) in [5, 5.41) is 18.5. The van der Waals surface area contributed by atoms with Gasteiger partial charge in [0.1, 0.15) is 0 Å². The van der Waals surface area contributed by atoms with E-state index in [0.29, 0.717) is 18.3 Å². The van der Waals surface area contributed by atoms with Gasteiger partial charge in [0.2, 0.25) is 0 Å². The lowest BCUT2D eigenvalue weighted by Gasteiger charge is -2.14. The lowest BCUT2D eigenvalue weighted by molar-refractivity contribution is -0.137. The average molecular weight is 369 g/mol. The number of unbranched alkanes of at least 4 members (excludes halogenated alkanes) is 1. The zero-order valence-electron chi connectivity index (χ0n) is 14.4. The van der Waals surface area contributed by atoms with E-state index in [2.05, 4.69) is 31.2 Å². The Bertz CT molecular complexity index is 410. The Morgan fingerprint density at radius 1 is 1.12 bits per heavy atom. The second kappa shape index (κ2) is 18.4. The van der Waals surface area contributed by atoms with Gasteiger partial charge in [0, 0.05) is 6.42 Å². The van der Waals surface area contributed by atoms with E-state index in [-0.39, 0.29) is 34.8 Å². The fourth-order valence-corrected chi connectivity index (χ4v) is 3.12. The van der Waals surface area contributed by atoms with E-state index in [0.717, 1.165) is 25.7 Å². The molecule has 3 atom stereocenters. The van der Waals surface area contributed by atoms with Crippen molar-refractivity contribution in [2.24, 2.45) is 11.8 Å². The second-order valence-corrected chi connectivity index (χ2v) is 6.42. The first-order valence-electron chi connectivity index (χ1n) is 9.01. The molecule has 1 unspecified atom stereocenters. The molecule has 0 bridgehead atoms. The second-order valence-electron chi connectivity index (χ2n) is 6.42. The highest BCUT2D eigenvalue weighted by Gasteiger charge is 2.23. The van der Waals surface area contributed by atoms with Gasteiger partial charge in [-0.3, -0.25) is 4.79 Å². The molecule has 0 aromatic rings.